The Labute approximate surface area is 128 Å². The van der Waals surface area contributed by atoms with E-state index in [0.717, 1.165) is 11.1 Å². The summed E-state index contributed by atoms with van der Waals surface area (Å²) in [6, 6.07) is 16.0. The van der Waals surface area contributed by atoms with E-state index in [1.54, 1.807) is 36.4 Å². The molecule has 2 aromatic rings. The summed E-state index contributed by atoms with van der Waals surface area (Å²) in [5.74, 6) is -0.731. The van der Waals surface area contributed by atoms with Crippen LogP contribution in [0.3, 0.4) is 0 Å². The van der Waals surface area contributed by atoms with Crippen molar-refractivity contribution in [3.05, 3.63) is 54.1 Å². The second-order valence-corrected chi connectivity index (χ2v) is 4.53. The molecule has 0 aliphatic heterocycles. The third-order valence-electron chi connectivity index (χ3n) is 3.03. The number of nitrogens with zero attached hydrogens (tertiary/aromatic N) is 1. The van der Waals surface area contributed by atoms with E-state index >= 15 is 0 Å². The first kappa shape index (κ1) is 15.3. The van der Waals surface area contributed by atoms with Crippen LogP contribution in [0.1, 0.15) is 16.8 Å². The van der Waals surface area contributed by atoms with Crippen LogP contribution in [0.15, 0.2) is 48.5 Å². The fraction of sp³-hybridized carbons (Fsp3) is 0.118. The van der Waals surface area contributed by atoms with Gasteiger partial charge in [0.25, 0.3) is 0 Å². The highest BCUT2D eigenvalue weighted by atomic mass is 16.5. The predicted molar refractivity (Wildman–Crippen MR) is 82.1 cm³/mol. The van der Waals surface area contributed by atoms with Gasteiger partial charge in [-0.3, -0.25) is 4.79 Å². The van der Waals surface area contributed by atoms with Crippen molar-refractivity contribution in [3.63, 3.8) is 0 Å². The minimum atomic E-state index is -0.387. The lowest BCUT2D eigenvalue weighted by Gasteiger charge is -2.07. The van der Waals surface area contributed by atoms with Crippen LogP contribution in [-0.4, -0.2) is 19.0 Å². The van der Waals surface area contributed by atoms with E-state index in [0.29, 0.717) is 11.3 Å². The second kappa shape index (κ2) is 7.04. The number of nitriles is 1. The van der Waals surface area contributed by atoms with Gasteiger partial charge in [-0.15, -0.1) is 0 Å². The lowest BCUT2D eigenvalue weighted by molar-refractivity contribution is -0.115. The van der Waals surface area contributed by atoms with E-state index in [1.807, 2.05) is 18.2 Å². The molecule has 0 saturated heterocycles. The molecule has 110 valence electrons. The van der Waals surface area contributed by atoms with Crippen molar-refractivity contribution >= 4 is 17.6 Å². The molecule has 0 unspecified atom stereocenters. The molecule has 0 heterocycles. The van der Waals surface area contributed by atoms with Crippen molar-refractivity contribution in [1.29, 1.82) is 5.26 Å². The molecule has 0 aromatic heterocycles. The summed E-state index contributed by atoms with van der Waals surface area (Å²) < 4.78 is 4.70. The topological polar surface area (TPSA) is 79.2 Å². The number of carbonyl (C=O) groups is 2. The summed E-state index contributed by atoms with van der Waals surface area (Å²) in [6.45, 7) is 0. The first-order valence-electron chi connectivity index (χ1n) is 6.59. The second-order valence-electron chi connectivity index (χ2n) is 4.53. The molecule has 0 aliphatic rings. The number of ether oxygens (including phenoxy) is 1. The smallest absolute Gasteiger partial charge is 0.337 e. The Kier molecular flexibility index (Phi) is 4.89. The van der Waals surface area contributed by atoms with Gasteiger partial charge in [-0.1, -0.05) is 24.3 Å². The molecule has 5 nitrogen and oxygen atoms in total. The standard InChI is InChI=1S/C17H14N2O3/c1-22-17(21)14-4-2-3-13(11-14)12-5-7-15(8-6-12)19-16(20)9-10-18/h2-8,11H,9H2,1H3,(H,19,20). The number of nitrogens with one attached hydrogen (secondary N) is 1. The van der Waals surface area contributed by atoms with Gasteiger partial charge in [-0.2, -0.15) is 5.26 Å². The molecule has 0 atom stereocenters. The van der Waals surface area contributed by atoms with Crippen molar-refractivity contribution in [2.75, 3.05) is 12.4 Å². The number of hydrogen-bond donors (Lipinski definition) is 1. The van der Waals surface area contributed by atoms with Gasteiger partial charge in [0, 0.05) is 5.69 Å². The van der Waals surface area contributed by atoms with E-state index in [4.69, 9.17) is 10.00 Å². The van der Waals surface area contributed by atoms with Gasteiger partial charge in [0.1, 0.15) is 6.42 Å². The highest BCUT2D eigenvalue weighted by Crippen LogP contribution is 2.22. The zero-order valence-corrected chi connectivity index (χ0v) is 12.0. The molecule has 0 aliphatic carbocycles. The Morgan fingerprint density at radius 3 is 2.50 bits per heavy atom. The van der Waals surface area contributed by atoms with E-state index in [9.17, 15) is 9.59 Å². The van der Waals surface area contributed by atoms with Gasteiger partial charge >= 0.3 is 5.97 Å². The summed E-state index contributed by atoms with van der Waals surface area (Å²) in [4.78, 5) is 22.9. The highest BCUT2D eigenvalue weighted by Gasteiger charge is 2.07. The van der Waals surface area contributed by atoms with E-state index in [2.05, 4.69) is 5.32 Å². The van der Waals surface area contributed by atoms with Crippen LogP contribution in [0.2, 0.25) is 0 Å². The Morgan fingerprint density at radius 1 is 1.14 bits per heavy atom. The average molecular weight is 294 g/mol. The monoisotopic (exact) mass is 294 g/mol. The van der Waals surface area contributed by atoms with Crippen LogP contribution in [0.25, 0.3) is 11.1 Å². The van der Waals surface area contributed by atoms with Crippen LogP contribution in [-0.2, 0) is 9.53 Å². The molecule has 1 N–H and O–H groups in total. The average Bonchev–Trinajstić information content (AvgIpc) is 2.55. The first-order valence-corrected chi connectivity index (χ1v) is 6.59. The van der Waals surface area contributed by atoms with E-state index < -0.39 is 0 Å². The van der Waals surface area contributed by atoms with Gasteiger partial charge in [-0.05, 0) is 35.4 Å². The van der Waals surface area contributed by atoms with Crippen LogP contribution in [0, 0.1) is 11.3 Å². The zero-order chi connectivity index (χ0) is 15.9. The minimum absolute atomic E-state index is 0.178. The molecule has 2 rings (SSSR count). The molecule has 1 amide bonds. The lowest BCUT2D eigenvalue weighted by Crippen LogP contribution is -2.09. The van der Waals surface area contributed by atoms with Gasteiger partial charge in [-0.25, -0.2) is 4.79 Å². The summed E-state index contributed by atoms with van der Waals surface area (Å²) >= 11 is 0. The minimum Gasteiger partial charge on any atom is -0.465 e. The van der Waals surface area contributed by atoms with Crippen molar-refractivity contribution in [1.82, 2.24) is 0 Å². The van der Waals surface area contributed by atoms with E-state index in [-0.39, 0.29) is 18.3 Å². The fourth-order valence-electron chi connectivity index (χ4n) is 1.97. The number of rotatable bonds is 4. The lowest BCUT2D eigenvalue weighted by atomic mass is 10.0. The number of benzene rings is 2. The molecular weight excluding hydrogens is 280 g/mol. The summed E-state index contributed by atoms with van der Waals surface area (Å²) in [5.41, 5.74) is 2.88. The third-order valence-corrected chi connectivity index (χ3v) is 3.03. The summed E-state index contributed by atoms with van der Waals surface area (Å²) in [7, 11) is 1.34. The molecule has 2 aromatic carbocycles. The Bertz CT molecular complexity index is 730. The largest absolute Gasteiger partial charge is 0.465 e. The molecule has 0 bridgehead atoms. The van der Waals surface area contributed by atoms with Gasteiger partial charge < -0.3 is 10.1 Å². The van der Waals surface area contributed by atoms with Crippen LogP contribution in [0.5, 0.6) is 0 Å². The molecule has 0 spiro atoms. The highest BCUT2D eigenvalue weighted by molar-refractivity contribution is 5.93. The Balaban J connectivity index is 2.19. The summed E-state index contributed by atoms with van der Waals surface area (Å²) in [6.07, 6.45) is -0.178. The van der Waals surface area contributed by atoms with Crippen molar-refractivity contribution in [2.24, 2.45) is 0 Å². The number of methoxy groups -OCH3 is 1. The van der Waals surface area contributed by atoms with Crippen molar-refractivity contribution in [2.45, 2.75) is 6.42 Å². The van der Waals surface area contributed by atoms with Gasteiger partial charge in [0.15, 0.2) is 0 Å². The summed E-state index contributed by atoms with van der Waals surface area (Å²) in [5, 5.41) is 11.1. The SMILES string of the molecule is COC(=O)c1cccc(-c2ccc(NC(=O)CC#N)cc2)c1. The molecule has 22 heavy (non-hydrogen) atoms. The molecule has 0 saturated carbocycles. The number of carbonyl (C=O) groups excluding carboxylic acids is 2. The Morgan fingerprint density at radius 2 is 1.86 bits per heavy atom. The number of anilines is 1. The fourth-order valence-corrected chi connectivity index (χ4v) is 1.97. The van der Waals surface area contributed by atoms with Gasteiger partial charge in [0.2, 0.25) is 5.91 Å². The number of hydrogen-bond acceptors (Lipinski definition) is 4. The predicted octanol–water partition coefficient (Wildman–Crippen LogP) is 2.99. The van der Waals surface area contributed by atoms with Crippen LogP contribution < -0.4 is 5.32 Å². The number of esters is 1. The van der Waals surface area contributed by atoms with Gasteiger partial charge in [0.05, 0.1) is 18.7 Å². The van der Waals surface area contributed by atoms with Crippen molar-refractivity contribution < 1.29 is 14.3 Å². The van der Waals surface area contributed by atoms with Crippen molar-refractivity contribution in [3.8, 4) is 17.2 Å². The maximum absolute atomic E-state index is 11.5. The quantitative estimate of drug-likeness (QED) is 0.879. The maximum atomic E-state index is 11.5. The molecular formula is C17H14N2O3. The third kappa shape index (κ3) is 3.70. The molecule has 5 heteroatoms. The van der Waals surface area contributed by atoms with Crippen LogP contribution in [0.4, 0.5) is 5.69 Å². The number of amides is 1. The maximum Gasteiger partial charge on any atom is 0.337 e. The van der Waals surface area contributed by atoms with E-state index in [1.165, 1.54) is 7.11 Å². The van der Waals surface area contributed by atoms with Crippen LogP contribution >= 0.6 is 0 Å². The zero-order valence-electron chi connectivity index (χ0n) is 12.0. The first-order chi connectivity index (χ1) is 10.6. The molecule has 0 fully saturated rings. The normalized spacial score (nSPS) is 9.64. The Hall–Kier alpha value is -3.13. The molecule has 0 radical (unpaired) electrons.